The molecule has 2 rings (SSSR count). The lowest BCUT2D eigenvalue weighted by atomic mass is 10.2. The first-order valence-electron chi connectivity index (χ1n) is 5.31. The first kappa shape index (κ1) is 13.2. The summed E-state index contributed by atoms with van der Waals surface area (Å²) in [6.07, 6.45) is 1.50. The van der Waals surface area contributed by atoms with E-state index >= 15 is 0 Å². The molecule has 0 fully saturated rings. The molecule has 5 nitrogen and oxygen atoms in total. The van der Waals surface area contributed by atoms with Crippen molar-refractivity contribution in [1.29, 1.82) is 0 Å². The summed E-state index contributed by atoms with van der Waals surface area (Å²) < 4.78 is 10.5. The topological polar surface area (TPSA) is 68.7 Å². The van der Waals surface area contributed by atoms with Gasteiger partial charge in [-0.1, -0.05) is 11.6 Å². The molecule has 6 heteroatoms. The van der Waals surface area contributed by atoms with Crippen molar-refractivity contribution in [3.05, 3.63) is 47.1 Å². The average molecular weight is 280 g/mol. The van der Waals surface area contributed by atoms with Crippen LogP contribution < -0.4 is 9.47 Å². The number of methoxy groups -OCH3 is 1. The van der Waals surface area contributed by atoms with Crippen LogP contribution in [0.15, 0.2) is 36.5 Å². The molecule has 1 aromatic carbocycles. The van der Waals surface area contributed by atoms with E-state index < -0.39 is 5.97 Å². The largest absolute Gasteiger partial charge is 0.481 e. The highest BCUT2D eigenvalue weighted by atomic mass is 35.5. The summed E-state index contributed by atoms with van der Waals surface area (Å²) in [7, 11) is 1.48. The van der Waals surface area contributed by atoms with E-state index in [-0.39, 0.29) is 11.3 Å². The Bertz CT molecular complexity index is 615. The van der Waals surface area contributed by atoms with Gasteiger partial charge in [0.2, 0.25) is 5.88 Å². The molecule has 0 amide bonds. The number of nitrogens with zero attached hydrogens (tertiary/aromatic N) is 1. The zero-order valence-electron chi connectivity index (χ0n) is 9.96. The Balaban J connectivity index is 2.34. The third-order valence-corrected chi connectivity index (χ3v) is 2.55. The van der Waals surface area contributed by atoms with Crippen molar-refractivity contribution < 1.29 is 19.4 Å². The second-order valence-electron chi connectivity index (χ2n) is 3.58. The van der Waals surface area contributed by atoms with Crippen LogP contribution in [0.4, 0.5) is 0 Å². The van der Waals surface area contributed by atoms with Crippen LogP contribution in [-0.4, -0.2) is 23.2 Å². The lowest BCUT2D eigenvalue weighted by molar-refractivity contribution is 0.0694. The van der Waals surface area contributed by atoms with Crippen LogP contribution in [0.25, 0.3) is 0 Å². The van der Waals surface area contributed by atoms with Crippen molar-refractivity contribution in [2.75, 3.05) is 7.11 Å². The molecule has 0 aliphatic carbocycles. The summed E-state index contributed by atoms with van der Waals surface area (Å²) >= 11 is 5.76. The van der Waals surface area contributed by atoms with E-state index in [4.69, 9.17) is 26.2 Å². The van der Waals surface area contributed by atoms with Crippen LogP contribution in [0.5, 0.6) is 17.4 Å². The molecule has 2 aromatic rings. The predicted molar refractivity (Wildman–Crippen MR) is 69.3 cm³/mol. The standard InChI is InChI=1S/C13H10ClNO4/c1-18-12-7-9(4-5-15-12)19-11-3-2-8(14)6-10(11)13(16)17/h2-7H,1H3,(H,16,17). The summed E-state index contributed by atoms with van der Waals surface area (Å²) in [5.74, 6) is -0.108. The van der Waals surface area contributed by atoms with Crippen LogP contribution in [-0.2, 0) is 0 Å². The summed E-state index contributed by atoms with van der Waals surface area (Å²) in [6, 6.07) is 7.54. The van der Waals surface area contributed by atoms with E-state index in [1.54, 1.807) is 18.2 Å². The number of halogens is 1. The van der Waals surface area contributed by atoms with Crippen LogP contribution in [0.1, 0.15) is 10.4 Å². The average Bonchev–Trinajstić information content (AvgIpc) is 2.41. The Kier molecular flexibility index (Phi) is 3.87. The smallest absolute Gasteiger partial charge is 0.339 e. The number of hydrogen-bond acceptors (Lipinski definition) is 4. The van der Waals surface area contributed by atoms with Crippen molar-refractivity contribution in [3.63, 3.8) is 0 Å². The van der Waals surface area contributed by atoms with Crippen molar-refractivity contribution in [2.45, 2.75) is 0 Å². The van der Waals surface area contributed by atoms with Gasteiger partial charge in [0.05, 0.1) is 7.11 Å². The zero-order chi connectivity index (χ0) is 13.8. The van der Waals surface area contributed by atoms with Crippen LogP contribution >= 0.6 is 11.6 Å². The molecule has 0 atom stereocenters. The van der Waals surface area contributed by atoms with Gasteiger partial charge in [0.1, 0.15) is 17.1 Å². The van der Waals surface area contributed by atoms with E-state index in [1.807, 2.05) is 0 Å². The Morgan fingerprint density at radius 1 is 1.32 bits per heavy atom. The fourth-order valence-electron chi connectivity index (χ4n) is 1.45. The second-order valence-corrected chi connectivity index (χ2v) is 4.02. The maximum Gasteiger partial charge on any atom is 0.339 e. The van der Waals surface area contributed by atoms with Gasteiger partial charge in [-0.3, -0.25) is 0 Å². The summed E-state index contributed by atoms with van der Waals surface area (Å²) in [6.45, 7) is 0. The Labute approximate surface area is 114 Å². The first-order valence-corrected chi connectivity index (χ1v) is 5.68. The highest BCUT2D eigenvalue weighted by Crippen LogP contribution is 2.29. The molecule has 0 spiro atoms. The van der Waals surface area contributed by atoms with Crippen molar-refractivity contribution in [3.8, 4) is 17.4 Å². The van der Waals surface area contributed by atoms with Gasteiger partial charge < -0.3 is 14.6 Å². The Hall–Kier alpha value is -2.27. The van der Waals surface area contributed by atoms with Crippen LogP contribution in [0, 0.1) is 0 Å². The van der Waals surface area contributed by atoms with Gasteiger partial charge >= 0.3 is 5.97 Å². The van der Waals surface area contributed by atoms with Crippen LogP contribution in [0.3, 0.4) is 0 Å². The number of carboxylic acids is 1. The van der Waals surface area contributed by atoms with Gasteiger partial charge in [-0.2, -0.15) is 0 Å². The minimum atomic E-state index is -1.11. The highest BCUT2D eigenvalue weighted by molar-refractivity contribution is 6.31. The lowest BCUT2D eigenvalue weighted by Gasteiger charge is -2.09. The van der Waals surface area contributed by atoms with E-state index in [2.05, 4.69) is 4.98 Å². The SMILES string of the molecule is COc1cc(Oc2ccc(Cl)cc2C(=O)O)ccn1. The number of hydrogen-bond donors (Lipinski definition) is 1. The maximum absolute atomic E-state index is 11.1. The number of aromatic nitrogens is 1. The quantitative estimate of drug-likeness (QED) is 0.930. The normalized spacial score (nSPS) is 10.0. The van der Waals surface area contributed by atoms with Gasteiger partial charge in [-0.05, 0) is 24.3 Å². The highest BCUT2D eigenvalue weighted by Gasteiger charge is 2.13. The Morgan fingerprint density at radius 3 is 2.79 bits per heavy atom. The Morgan fingerprint density at radius 2 is 2.11 bits per heavy atom. The molecule has 0 radical (unpaired) electrons. The van der Waals surface area contributed by atoms with Gasteiger partial charge in [-0.15, -0.1) is 0 Å². The molecule has 0 aliphatic heterocycles. The molecule has 1 heterocycles. The van der Waals surface area contributed by atoms with E-state index in [0.717, 1.165) is 0 Å². The fraction of sp³-hybridized carbons (Fsp3) is 0.0769. The van der Waals surface area contributed by atoms with Crippen molar-refractivity contribution >= 4 is 17.6 Å². The third-order valence-electron chi connectivity index (χ3n) is 2.32. The molecule has 0 bridgehead atoms. The maximum atomic E-state index is 11.1. The molecule has 1 aromatic heterocycles. The van der Waals surface area contributed by atoms with E-state index in [1.165, 1.54) is 25.4 Å². The number of carbonyl (C=O) groups is 1. The summed E-state index contributed by atoms with van der Waals surface area (Å²) in [5, 5.41) is 9.42. The molecule has 19 heavy (non-hydrogen) atoms. The molecular formula is C13H10ClNO4. The molecule has 0 saturated carbocycles. The predicted octanol–water partition coefficient (Wildman–Crippen LogP) is 3.23. The molecular weight excluding hydrogens is 270 g/mol. The van der Waals surface area contributed by atoms with Gasteiger partial charge in [0.25, 0.3) is 0 Å². The number of aromatic carboxylic acids is 1. The van der Waals surface area contributed by atoms with Gasteiger partial charge in [0.15, 0.2) is 0 Å². The third kappa shape index (κ3) is 3.14. The molecule has 0 saturated heterocycles. The second kappa shape index (κ2) is 5.58. The molecule has 1 N–H and O–H groups in total. The summed E-state index contributed by atoms with van der Waals surface area (Å²) in [5.41, 5.74) is -0.0109. The number of carboxylic acid groups (broad SMARTS) is 1. The lowest BCUT2D eigenvalue weighted by Crippen LogP contribution is -2.00. The van der Waals surface area contributed by atoms with Crippen molar-refractivity contribution in [1.82, 2.24) is 4.98 Å². The van der Waals surface area contributed by atoms with Crippen LogP contribution in [0.2, 0.25) is 5.02 Å². The fourth-order valence-corrected chi connectivity index (χ4v) is 1.62. The van der Waals surface area contributed by atoms with Crippen molar-refractivity contribution in [2.24, 2.45) is 0 Å². The molecule has 0 aliphatic rings. The van der Waals surface area contributed by atoms with Gasteiger partial charge in [-0.25, -0.2) is 9.78 Å². The minimum absolute atomic E-state index is 0.0109. The molecule has 98 valence electrons. The number of pyridine rings is 1. The summed E-state index contributed by atoms with van der Waals surface area (Å²) in [4.78, 5) is 15.0. The van der Waals surface area contributed by atoms with E-state index in [9.17, 15) is 4.79 Å². The number of rotatable bonds is 4. The monoisotopic (exact) mass is 279 g/mol. The first-order chi connectivity index (χ1) is 9.10. The minimum Gasteiger partial charge on any atom is -0.481 e. The number of benzene rings is 1. The van der Waals surface area contributed by atoms with E-state index in [0.29, 0.717) is 16.7 Å². The van der Waals surface area contributed by atoms with Gasteiger partial charge in [0, 0.05) is 17.3 Å². The molecule has 0 unspecified atom stereocenters. The zero-order valence-corrected chi connectivity index (χ0v) is 10.7. The number of ether oxygens (including phenoxy) is 2.